The number of aliphatic carboxylic acids is 1. The molecular formula is C6H11N5O6S. The second-order valence-electron chi connectivity index (χ2n) is 3.19. The zero-order valence-electron chi connectivity index (χ0n) is 9.08. The Morgan fingerprint density at radius 2 is 2.11 bits per heavy atom. The van der Waals surface area contributed by atoms with Crippen LogP contribution in [0.1, 0.15) is 6.42 Å². The molecule has 0 aromatic carbocycles. The summed E-state index contributed by atoms with van der Waals surface area (Å²) in [6.45, 7) is 0.951. The van der Waals surface area contributed by atoms with Crippen molar-refractivity contribution >= 4 is 16.4 Å². The number of aromatic nitrogens is 4. The van der Waals surface area contributed by atoms with E-state index in [2.05, 4.69) is 19.8 Å². The van der Waals surface area contributed by atoms with Gasteiger partial charge in [0.1, 0.15) is 12.9 Å². The molecule has 0 spiro atoms. The van der Waals surface area contributed by atoms with E-state index in [4.69, 9.17) is 9.66 Å². The largest absolute Gasteiger partial charge is 0.480 e. The molecule has 0 unspecified atom stereocenters. The van der Waals surface area contributed by atoms with E-state index in [1.165, 1.54) is 11.4 Å². The van der Waals surface area contributed by atoms with Crippen LogP contribution < -0.4 is 0 Å². The van der Waals surface area contributed by atoms with Crippen LogP contribution in [0.2, 0.25) is 0 Å². The van der Waals surface area contributed by atoms with Crippen molar-refractivity contribution in [1.82, 2.24) is 25.3 Å². The normalized spacial score (nSPS) is 15.4. The minimum absolute atomic E-state index is 0.188. The van der Waals surface area contributed by atoms with E-state index < -0.39 is 16.4 Å². The molecular weight excluding hydrogens is 270 g/mol. The molecule has 2 N–H and O–H groups in total. The van der Waals surface area contributed by atoms with Gasteiger partial charge >= 0.3 is 16.4 Å². The topological polar surface area (TPSA) is 148 Å². The summed E-state index contributed by atoms with van der Waals surface area (Å²) in [4.78, 5) is 9.95. The van der Waals surface area contributed by atoms with Crippen LogP contribution in [0.3, 0.4) is 0 Å². The molecule has 1 aromatic rings. The Morgan fingerprint density at radius 3 is 2.39 bits per heavy atom. The molecule has 1 aliphatic rings. The molecule has 1 aromatic heterocycles. The lowest BCUT2D eigenvalue weighted by molar-refractivity contribution is -0.137. The number of carbonyl (C=O) groups is 1. The summed E-state index contributed by atoms with van der Waals surface area (Å²) in [6.07, 6.45) is 2.16. The van der Waals surface area contributed by atoms with Crippen molar-refractivity contribution in [2.75, 3.05) is 13.1 Å². The maximum Gasteiger partial charge on any atom is 0.413 e. The zero-order chi connectivity index (χ0) is 13.6. The van der Waals surface area contributed by atoms with Gasteiger partial charge in [0, 0.05) is 13.1 Å². The van der Waals surface area contributed by atoms with Crippen molar-refractivity contribution in [3.05, 3.63) is 6.33 Å². The van der Waals surface area contributed by atoms with Crippen LogP contribution in [0.4, 0.5) is 0 Å². The lowest BCUT2D eigenvalue weighted by Crippen LogP contribution is -2.38. The Balaban J connectivity index is 0.000000180. The fourth-order valence-electron chi connectivity index (χ4n) is 0.886. The number of rotatable bonds is 4. The molecule has 0 radical (unpaired) electrons. The van der Waals surface area contributed by atoms with Crippen molar-refractivity contribution in [1.29, 1.82) is 0 Å². The van der Waals surface area contributed by atoms with Gasteiger partial charge in [0.2, 0.25) is 0 Å². The van der Waals surface area contributed by atoms with Gasteiger partial charge in [0.25, 0.3) is 0 Å². The molecule has 0 atom stereocenters. The quantitative estimate of drug-likeness (QED) is 0.604. The number of hydrogen-bond donors (Lipinski definition) is 2. The lowest BCUT2D eigenvalue weighted by Gasteiger charge is -2.26. The van der Waals surface area contributed by atoms with Crippen LogP contribution in [0.5, 0.6) is 0 Å². The molecule has 2 rings (SSSR count). The van der Waals surface area contributed by atoms with E-state index in [-0.39, 0.29) is 6.54 Å². The molecule has 1 fully saturated rings. The standard InChI is InChI=1S/C3H4N4O2.C3H7NO4S/c8-3(9)1-7-2-4-5-6-7;5-9(6,7)8-4-2-1-3-4/h2H,1H2,(H,8,9);1-3H2,(H,5,6,7). The minimum atomic E-state index is -4.26. The van der Waals surface area contributed by atoms with Crippen LogP contribution >= 0.6 is 0 Å². The first kappa shape index (κ1) is 14.4. The Hall–Kier alpha value is -1.63. The van der Waals surface area contributed by atoms with Gasteiger partial charge in [-0.15, -0.1) is 5.10 Å². The zero-order valence-corrected chi connectivity index (χ0v) is 9.89. The van der Waals surface area contributed by atoms with Crippen molar-refractivity contribution in [3.8, 4) is 0 Å². The molecule has 102 valence electrons. The smallest absolute Gasteiger partial charge is 0.413 e. The van der Waals surface area contributed by atoms with E-state index in [0.29, 0.717) is 13.1 Å². The second kappa shape index (κ2) is 6.34. The fraction of sp³-hybridized carbons (Fsp3) is 0.667. The SMILES string of the molecule is O=C(O)Cn1cnnn1.O=S(=O)(O)ON1CCC1. The van der Waals surface area contributed by atoms with Gasteiger partial charge in [-0.25, -0.2) is 4.68 Å². The van der Waals surface area contributed by atoms with Crippen molar-refractivity contribution in [2.45, 2.75) is 13.0 Å². The highest BCUT2D eigenvalue weighted by Crippen LogP contribution is 2.07. The lowest BCUT2D eigenvalue weighted by atomic mass is 10.3. The summed E-state index contributed by atoms with van der Waals surface area (Å²) >= 11 is 0. The van der Waals surface area contributed by atoms with Crippen LogP contribution in [0.25, 0.3) is 0 Å². The number of hydrogen-bond acceptors (Lipinski definition) is 8. The third-order valence-corrected chi connectivity index (χ3v) is 2.10. The summed E-state index contributed by atoms with van der Waals surface area (Å²) in [5, 5.41) is 19.2. The predicted molar refractivity (Wildman–Crippen MR) is 54.3 cm³/mol. The summed E-state index contributed by atoms with van der Waals surface area (Å²) in [6, 6.07) is 0. The van der Waals surface area contributed by atoms with Crippen molar-refractivity contribution in [3.63, 3.8) is 0 Å². The van der Waals surface area contributed by atoms with Gasteiger partial charge in [-0.3, -0.25) is 9.35 Å². The first-order chi connectivity index (χ1) is 8.37. The Labute approximate surface area is 102 Å². The van der Waals surface area contributed by atoms with E-state index in [9.17, 15) is 13.2 Å². The van der Waals surface area contributed by atoms with Gasteiger partial charge in [0.05, 0.1) is 0 Å². The molecule has 2 heterocycles. The summed E-state index contributed by atoms with van der Waals surface area (Å²) in [7, 11) is -4.26. The maximum absolute atomic E-state index is 9.95. The average molecular weight is 281 g/mol. The number of nitrogens with zero attached hydrogens (tertiary/aromatic N) is 5. The van der Waals surface area contributed by atoms with Crippen LogP contribution in [0.15, 0.2) is 6.33 Å². The minimum Gasteiger partial charge on any atom is -0.480 e. The summed E-state index contributed by atoms with van der Waals surface area (Å²) in [5.41, 5.74) is 0. The van der Waals surface area contributed by atoms with E-state index >= 15 is 0 Å². The number of tetrazole rings is 1. The summed E-state index contributed by atoms with van der Waals surface area (Å²) in [5.74, 6) is -0.956. The van der Waals surface area contributed by atoms with Gasteiger partial charge in [-0.2, -0.15) is 17.8 Å². The van der Waals surface area contributed by atoms with E-state index in [1.54, 1.807) is 0 Å². The predicted octanol–water partition coefficient (Wildman–Crippen LogP) is -1.82. The average Bonchev–Trinajstić information content (AvgIpc) is 2.63. The number of hydroxylamine groups is 2. The van der Waals surface area contributed by atoms with Gasteiger partial charge in [-0.1, -0.05) is 0 Å². The Morgan fingerprint density at radius 1 is 1.44 bits per heavy atom. The van der Waals surface area contributed by atoms with E-state index in [1.807, 2.05) is 0 Å². The van der Waals surface area contributed by atoms with Crippen LogP contribution in [-0.4, -0.2) is 62.4 Å². The first-order valence-electron chi connectivity index (χ1n) is 4.71. The third kappa shape index (κ3) is 6.19. The van der Waals surface area contributed by atoms with Gasteiger partial charge in [-0.05, 0) is 16.8 Å². The molecule has 0 bridgehead atoms. The molecule has 0 aliphatic carbocycles. The molecule has 1 aliphatic heterocycles. The van der Waals surface area contributed by atoms with Gasteiger partial charge in [0.15, 0.2) is 0 Å². The van der Waals surface area contributed by atoms with Gasteiger partial charge < -0.3 is 5.11 Å². The fourth-order valence-corrected chi connectivity index (χ4v) is 1.30. The van der Waals surface area contributed by atoms with Crippen LogP contribution in [-0.2, 0) is 26.0 Å². The molecule has 0 saturated carbocycles. The molecule has 0 amide bonds. The monoisotopic (exact) mass is 281 g/mol. The van der Waals surface area contributed by atoms with Crippen LogP contribution in [0, 0.1) is 0 Å². The van der Waals surface area contributed by atoms with E-state index in [0.717, 1.165) is 11.1 Å². The third-order valence-electron chi connectivity index (χ3n) is 1.70. The second-order valence-corrected chi connectivity index (χ2v) is 4.19. The maximum atomic E-state index is 9.95. The highest BCUT2D eigenvalue weighted by atomic mass is 32.3. The molecule has 12 heteroatoms. The summed E-state index contributed by atoms with van der Waals surface area (Å²) < 4.78 is 33.1. The van der Waals surface area contributed by atoms with Crippen molar-refractivity contribution < 1.29 is 27.2 Å². The molecule has 18 heavy (non-hydrogen) atoms. The Kier molecular flexibility index (Phi) is 5.08. The number of carboxylic acid groups (broad SMARTS) is 1. The highest BCUT2D eigenvalue weighted by molar-refractivity contribution is 7.80. The first-order valence-corrected chi connectivity index (χ1v) is 6.08. The molecule has 11 nitrogen and oxygen atoms in total. The molecule has 1 saturated heterocycles. The number of carboxylic acids is 1. The van der Waals surface area contributed by atoms with Crippen molar-refractivity contribution in [2.24, 2.45) is 0 Å². The Bertz CT molecular complexity index is 469. The highest BCUT2D eigenvalue weighted by Gasteiger charge is 2.20.